The number of amides is 2. The third-order valence-electron chi connectivity index (χ3n) is 5.15. The molecule has 9 nitrogen and oxygen atoms in total. The van der Waals surface area contributed by atoms with E-state index in [1.54, 1.807) is 65.1 Å². The van der Waals surface area contributed by atoms with Crippen molar-refractivity contribution < 1.29 is 19.1 Å². The van der Waals surface area contributed by atoms with Gasteiger partial charge in [0.25, 0.3) is 11.8 Å². The number of nitriles is 1. The number of nitrogens with one attached hydrogen (secondary N) is 1. The Balaban J connectivity index is 1.59. The van der Waals surface area contributed by atoms with Crippen LogP contribution in [0.2, 0.25) is 0 Å². The fourth-order valence-electron chi connectivity index (χ4n) is 3.49. The molecule has 162 valence electrons. The van der Waals surface area contributed by atoms with Crippen molar-refractivity contribution >= 4 is 28.9 Å². The van der Waals surface area contributed by atoms with Gasteiger partial charge >= 0.3 is 0 Å². The zero-order chi connectivity index (χ0) is 22.7. The maximum atomic E-state index is 13.1. The lowest BCUT2D eigenvalue weighted by molar-refractivity contribution is -0.125. The van der Waals surface area contributed by atoms with E-state index in [1.807, 2.05) is 6.07 Å². The lowest BCUT2D eigenvalue weighted by Crippen LogP contribution is -2.41. The first-order chi connectivity index (χ1) is 15.5. The van der Waals surface area contributed by atoms with Crippen LogP contribution in [0.4, 0.5) is 17.1 Å². The number of benzene rings is 2. The van der Waals surface area contributed by atoms with E-state index in [0.29, 0.717) is 30.3 Å². The van der Waals surface area contributed by atoms with Crippen LogP contribution in [0.5, 0.6) is 5.75 Å². The quantitative estimate of drug-likeness (QED) is 0.640. The molecule has 1 aromatic heterocycles. The molecule has 0 saturated carbocycles. The SMILES string of the molecule is COc1ccc(-n2cc(C#N)c(N)c2C(=O)Nc2ccc(N3CCOCC3=O)cc2)cc1. The minimum atomic E-state index is -0.463. The second-order valence-electron chi connectivity index (χ2n) is 7.08. The number of morpholine rings is 1. The van der Waals surface area contributed by atoms with Crippen LogP contribution in [-0.4, -0.2) is 43.2 Å². The van der Waals surface area contributed by atoms with E-state index in [-0.39, 0.29) is 29.5 Å². The largest absolute Gasteiger partial charge is 0.497 e. The number of rotatable bonds is 5. The Labute approximate surface area is 184 Å². The highest BCUT2D eigenvalue weighted by Crippen LogP contribution is 2.27. The van der Waals surface area contributed by atoms with Crippen LogP contribution in [0.1, 0.15) is 16.1 Å². The molecule has 4 rings (SSSR count). The number of nitrogen functional groups attached to an aromatic ring is 1. The number of hydrogen-bond acceptors (Lipinski definition) is 6. The van der Waals surface area contributed by atoms with Gasteiger partial charge in [-0.05, 0) is 48.5 Å². The topological polar surface area (TPSA) is 123 Å². The van der Waals surface area contributed by atoms with Gasteiger partial charge in [-0.3, -0.25) is 9.59 Å². The van der Waals surface area contributed by atoms with Gasteiger partial charge in [0, 0.05) is 29.8 Å². The normalized spacial score (nSPS) is 13.5. The van der Waals surface area contributed by atoms with Gasteiger partial charge in [-0.15, -0.1) is 0 Å². The Bertz CT molecular complexity index is 1190. The molecule has 0 bridgehead atoms. The summed E-state index contributed by atoms with van der Waals surface area (Å²) in [5.41, 5.74) is 8.47. The van der Waals surface area contributed by atoms with Gasteiger partial charge in [0.15, 0.2) is 0 Å². The standard InChI is InChI=1S/C23H21N5O4/c1-31-19-8-6-18(7-9-19)28-13-15(12-24)21(25)22(28)23(30)26-16-2-4-17(5-3-16)27-10-11-32-14-20(27)29/h2-9,13H,10-11,14,25H2,1H3,(H,26,30). The molecule has 32 heavy (non-hydrogen) atoms. The number of anilines is 3. The van der Waals surface area contributed by atoms with Crippen molar-refractivity contribution in [2.45, 2.75) is 0 Å². The fraction of sp³-hybridized carbons (Fsp3) is 0.174. The predicted octanol–water partition coefficient (Wildman–Crippen LogP) is 2.56. The summed E-state index contributed by atoms with van der Waals surface area (Å²) in [6.07, 6.45) is 1.53. The minimum absolute atomic E-state index is 0.0569. The Hall–Kier alpha value is -4.29. The molecule has 9 heteroatoms. The van der Waals surface area contributed by atoms with E-state index in [9.17, 15) is 14.9 Å². The van der Waals surface area contributed by atoms with E-state index < -0.39 is 5.91 Å². The van der Waals surface area contributed by atoms with E-state index in [0.717, 1.165) is 5.69 Å². The zero-order valence-corrected chi connectivity index (χ0v) is 17.4. The number of aromatic nitrogens is 1. The Morgan fingerprint density at radius 3 is 2.47 bits per heavy atom. The second kappa shape index (κ2) is 8.83. The van der Waals surface area contributed by atoms with Gasteiger partial charge < -0.3 is 30.0 Å². The molecule has 2 heterocycles. The number of carbonyl (C=O) groups is 2. The van der Waals surface area contributed by atoms with Gasteiger partial charge in [0.05, 0.1) is 25.0 Å². The first-order valence-electron chi connectivity index (χ1n) is 9.86. The monoisotopic (exact) mass is 431 g/mol. The molecule has 1 saturated heterocycles. The van der Waals surface area contributed by atoms with Gasteiger partial charge in [-0.1, -0.05) is 0 Å². The van der Waals surface area contributed by atoms with Gasteiger partial charge in [0.2, 0.25) is 0 Å². The highest BCUT2D eigenvalue weighted by Gasteiger charge is 2.22. The van der Waals surface area contributed by atoms with Crippen molar-refractivity contribution in [2.24, 2.45) is 0 Å². The maximum absolute atomic E-state index is 13.1. The summed E-state index contributed by atoms with van der Waals surface area (Å²) in [4.78, 5) is 26.7. The fourth-order valence-corrected chi connectivity index (χ4v) is 3.49. The average Bonchev–Trinajstić information content (AvgIpc) is 3.16. The van der Waals surface area contributed by atoms with Crippen molar-refractivity contribution in [1.29, 1.82) is 5.26 Å². The first-order valence-corrected chi connectivity index (χ1v) is 9.86. The van der Waals surface area contributed by atoms with E-state index in [1.165, 1.54) is 6.20 Å². The van der Waals surface area contributed by atoms with Crippen LogP contribution in [0.25, 0.3) is 5.69 Å². The van der Waals surface area contributed by atoms with E-state index in [4.69, 9.17) is 15.2 Å². The Kier molecular flexibility index (Phi) is 5.79. The van der Waals surface area contributed by atoms with Gasteiger partial charge in [-0.2, -0.15) is 5.26 Å². The van der Waals surface area contributed by atoms with Crippen LogP contribution in [-0.2, 0) is 9.53 Å². The molecule has 2 amide bonds. The molecule has 3 aromatic rings. The van der Waals surface area contributed by atoms with Crippen LogP contribution in [0.15, 0.2) is 54.7 Å². The number of methoxy groups -OCH3 is 1. The highest BCUT2D eigenvalue weighted by molar-refractivity contribution is 6.08. The molecule has 0 unspecified atom stereocenters. The molecule has 0 spiro atoms. The number of ether oxygens (including phenoxy) is 2. The smallest absolute Gasteiger partial charge is 0.274 e. The molecule has 0 radical (unpaired) electrons. The van der Waals surface area contributed by atoms with Crippen molar-refractivity contribution in [3.8, 4) is 17.5 Å². The molecule has 1 aliphatic heterocycles. The number of nitrogens with zero attached hydrogens (tertiary/aromatic N) is 3. The van der Waals surface area contributed by atoms with Crippen molar-refractivity contribution in [1.82, 2.24) is 4.57 Å². The third-order valence-corrected chi connectivity index (χ3v) is 5.15. The molecule has 0 atom stereocenters. The predicted molar refractivity (Wildman–Crippen MR) is 119 cm³/mol. The molecule has 3 N–H and O–H groups in total. The van der Waals surface area contributed by atoms with Crippen molar-refractivity contribution in [3.05, 3.63) is 66.0 Å². The summed E-state index contributed by atoms with van der Waals surface area (Å²) in [5, 5.41) is 12.2. The lowest BCUT2D eigenvalue weighted by atomic mass is 10.2. The van der Waals surface area contributed by atoms with Crippen LogP contribution in [0, 0.1) is 11.3 Å². The average molecular weight is 431 g/mol. The van der Waals surface area contributed by atoms with E-state index in [2.05, 4.69) is 5.32 Å². The van der Waals surface area contributed by atoms with Crippen molar-refractivity contribution in [3.63, 3.8) is 0 Å². The summed E-state index contributed by atoms with van der Waals surface area (Å²) < 4.78 is 11.9. The third kappa shape index (κ3) is 3.99. The Morgan fingerprint density at radius 1 is 1.16 bits per heavy atom. The van der Waals surface area contributed by atoms with Crippen molar-refractivity contribution in [2.75, 3.05) is 42.8 Å². The number of carbonyl (C=O) groups excluding carboxylic acids is 2. The summed E-state index contributed by atoms with van der Waals surface area (Å²) >= 11 is 0. The van der Waals surface area contributed by atoms with Gasteiger partial charge in [-0.25, -0.2) is 0 Å². The minimum Gasteiger partial charge on any atom is -0.497 e. The molecule has 0 aliphatic carbocycles. The first kappa shape index (κ1) is 21.0. The molecule has 1 aliphatic rings. The molecular weight excluding hydrogens is 410 g/mol. The van der Waals surface area contributed by atoms with Crippen LogP contribution in [0.3, 0.4) is 0 Å². The van der Waals surface area contributed by atoms with E-state index >= 15 is 0 Å². The second-order valence-corrected chi connectivity index (χ2v) is 7.08. The zero-order valence-electron chi connectivity index (χ0n) is 17.4. The van der Waals surface area contributed by atoms with Gasteiger partial charge in [0.1, 0.15) is 24.1 Å². The molecule has 1 fully saturated rings. The Morgan fingerprint density at radius 2 is 1.84 bits per heavy atom. The van der Waals surface area contributed by atoms with Crippen LogP contribution >= 0.6 is 0 Å². The van der Waals surface area contributed by atoms with Crippen LogP contribution < -0.4 is 20.7 Å². The molecule has 2 aromatic carbocycles. The summed E-state index contributed by atoms with van der Waals surface area (Å²) in [6.45, 7) is 1.02. The lowest BCUT2D eigenvalue weighted by Gasteiger charge is -2.26. The number of nitrogens with two attached hydrogens (primary N) is 1. The molecular formula is C23H21N5O4. The highest BCUT2D eigenvalue weighted by atomic mass is 16.5. The summed E-state index contributed by atoms with van der Waals surface area (Å²) in [6, 6.07) is 16.0. The summed E-state index contributed by atoms with van der Waals surface area (Å²) in [7, 11) is 1.57. The number of hydrogen-bond donors (Lipinski definition) is 2. The summed E-state index contributed by atoms with van der Waals surface area (Å²) in [5.74, 6) is 0.0939. The maximum Gasteiger partial charge on any atom is 0.274 e.